The minimum absolute atomic E-state index is 0.0174. The molecule has 0 aliphatic carbocycles. The van der Waals surface area contributed by atoms with Gasteiger partial charge in [0.1, 0.15) is 29.4 Å². The Morgan fingerprint density at radius 1 is 1.00 bits per heavy atom. The number of rotatable bonds is 7. The Hall–Kier alpha value is -3.28. The second-order valence-corrected chi connectivity index (χ2v) is 11.9. The van der Waals surface area contributed by atoms with Crippen molar-refractivity contribution in [2.45, 2.75) is 71.8 Å². The Balaban J connectivity index is 1.90. The normalized spacial score (nSPS) is 12.9. The Morgan fingerprint density at radius 2 is 1.64 bits per heavy atom. The van der Waals surface area contributed by atoms with Crippen molar-refractivity contribution in [3.8, 4) is 23.2 Å². The summed E-state index contributed by atoms with van der Waals surface area (Å²) in [6, 6.07) is -0.554. The van der Waals surface area contributed by atoms with E-state index in [2.05, 4.69) is 45.8 Å². The number of carbonyl (C=O) groups is 2. The highest BCUT2D eigenvalue weighted by molar-refractivity contribution is 8.00. The third kappa shape index (κ3) is 6.90. The molecular formula is C24H32N4O7S. The van der Waals surface area contributed by atoms with Crippen LogP contribution in [0.25, 0.3) is 23.2 Å². The first-order valence-electron chi connectivity index (χ1n) is 11.3. The zero-order valence-electron chi connectivity index (χ0n) is 22.0. The van der Waals surface area contributed by atoms with Gasteiger partial charge in [0.25, 0.3) is 0 Å². The zero-order valence-corrected chi connectivity index (χ0v) is 22.8. The lowest BCUT2D eigenvalue weighted by atomic mass is 10.2. The van der Waals surface area contributed by atoms with Crippen LogP contribution in [0.5, 0.6) is 0 Å². The van der Waals surface area contributed by atoms with Crippen LogP contribution in [-0.4, -0.2) is 50.2 Å². The summed E-state index contributed by atoms with van der Waals surface area (Å²) in [6.07, 6.45) is 0.618. The fourth-order valence-electron chi connectivity index (χ4n) is 3.00. The van der Waals surface area contributed by atoms with Crippen LogP contribution in [0.3, 0.4) is 0 Å². The number of aromatic nitrogens is 3. The summed E-state index contributed by atoms with van der Waals surface area (Å²) >= 11 is 1.65. The lowest BCUT2D eigenvalue weighted by Crippen LogP contribution is -2.36. The number of methoxy groups -OCH3 is 1. The summed E-state index contributed by atoms with van der Waals surface area (Å²) in [5.74, 6) is 1.34. The van der Waals surface area contributed by atoms with Crippen LogP contribution in [-0.2, 0) is 9.47 Å². The van der Waals surface area contributed by atoms with Crippen molar-refractivity contribution in [2.75, 3.05) is 12.9 Å². The van der Waals surface area contributed by atoms with Crippen molar-refractivity contribution < 1.29 is 32.3 Å². The number of carbonyl (C=O) groups excluding carboxylic acids is 2. The minimum atomic E-state index is -0.650. The molecule has 0 aromatic carbocycles. The zero-order chi connectivity index (χ0) is 26.8. The highest BCUT2D eigenvalue weighted by Gasteiger charge is 2.29. The molecule has 1 atom stereocenters. The number of nitrogens with zero attached hydrogens (tertiary/aromatic N) is 3. The second kappa shape index (κ2) is 10.4. The Bertz CT molecular complexity index is 1230. The van der Waals surface area contributed by atoms with Gasteiger partial charge in [0.15, 0.2) is 17.1 Å². The number of amides is 1. The van der Waals surface area contributed by atoms with Crippen LogP contribution < -0.4 is 5.32 Å². The van der Waals surface area contributed by atoms with E-state index >= 15 is 0 Å². The first-order valence-corrected chi connectivity index (χ1v) is 12.3. The van der Waals surface area contributed by atoms with Crippen LogP contribution in [0.2, 0.25) is 0 Å². The molecule has 0 spiro atoms. The van der Waals surface area contributed by atoms with Crippen molar-refractivity contribution in [1.82, 2.24) is 20.3 Å². The van der Waals surface area contributed by atoms with Gasteiger partial charge in [0, 0.05) is 10.5 Å². The Kier molecular flexibility index (Phi) is 7.87. The van der Waals surface area contributed by atoms with Crippen LogP contribution in [0, 0.1) is 13.8 Å². The van der Waals surface area contributed by atoms with Crippen LogP contribution in [0.15, 0.2) is 19.5 Å². The molecule has 0 unspecified atom stereocenters. The monoisotopic (exact) mass is 520 g/mol. The fourth-order valence-corrected chi connectivity index (χ4v) is 3.89. The third-order valence-corrected chi connectivity index (χ3v) is 5.95. The highest BCUT2D eigenvalue weighted by Crippen LogP contribution is 2.33. The molecule has 0 fully saturated rings. The summed E-state index contributed by atoms with van der Waals surface area (Å²) in [7, 11) is 1.26. The van der Waals surface area contributed by atoms with Gasteiger partial charge >= 0.3 is 12.1 Å². The second-order valence-electron chi connectivity index (χ2n) is 10.0. The van der Waals surface area contributed by atoms with E-state index in [9.17, 15) is 9.59 Å². The van der Waals surface area contributed by atoms with Gasteiger partial charge in [-0.05, 0) is 34.6 Å². The van der Waals surface area contributed by atoms with E-state index in [0.29, 0.717) is 34.6 Å². The predicted molar refractivity (Wildman–Crippen MR) is 133 cm³/mol. The van der Waals surface area contributed by atoms with E-state index in [1.807, 2.05) is 0 Å². The SMILES string of the molecule is COC(=O)c1coc(-c2nc(-c3nc([C@H](CSC(C)(C)C)NC(=O)OC(C)(C)C)oc3C)oc2C)n1. The highest BCUT2D eigenvalue weighted by atomic mass is 32.2. The molecule has 0 bridgehead atoms. The first kappa shape index (κ1) is 27.3. The van der Waals surface area contributed by atoms with Crippen molar-refractivity contribution in [3.63, 3.8) is 0 Å². The molecule has 36 heavy (non-hydrogen) atoms. The predicted octanol–water partition coefficient (Wildman–Crippen LogP) is 5.49. The van der Waals surface area contributed by atoms with Gasteiger partial charge in [0.2, 0.25) is 17.7 Å². The maximum atomic E-state index is 12.5. The van der Waals surface area contributed by atoms with Gasteiger partial charge in [-0.3, -0.25) is 0 Å². The average molecular weight is 521 g/mol. The van der Waals surface area contributed by atoms with Gasteiger partial charge in [-0.2, -0.15) is 11.8 Å². The molecule has 1 amide bonds. The first-order chi connectivity index (χ1) is 16.7. The molecule has 11 nitrogen and oxygen atoms in total. The van der Waals surface area contributed by atoms with E-state index in [1.165, 1.54) is 13.4 Å². The molecule has 3 aromatic rings. The van der Waals surface area contributed by atoms with Crippen LogP contribution >= 0.6 is 11.8 Å². The number of nitrogens with one attached hydrogen (secondary N) is 1. The maximum absolute atomic E-state index is 12.5. The molecule has 12 heteroatoms. The topological polar surface area (TPSA) is 143 Å². The van der Waals surface area contributed by atoms with Gasteiger partial charge < -0.3 is 28.0 Å². The van der Waals surface area contributed by atoms with Gasteiger partial charge in [-0.15, -0.1) is 0 Å². The Morgan fingerprint density at radius 3 is 2.25 bits per heavy atom. The molecule has 0 aliphatic heterocycles. The van der Waals surface area contributed by atoms with E-state index in [1.54, 1.807) is 46.4 Å². The van der Waals surface area contributed by atoms with Crippen molar-refractivity contribution >= 4 is 23.8 Å². The number of aryl methyl sites for hydroxylation is 2. The van der Waals surface area contributed by atoms with E-state index in [-0.39, 0.29) is 22.2 Å². The number of thioether (sulfide) groups is 1. The summed E-state index contributed by atoms with van der Waals surface area (Å²) < 4.78 is 27.2. The quantitative estimate of drug-likeness (QED) is 0.395. The third-order valence-electron chi connectivity index (χ3n) is 4.59. The van der Waals surface area contributed by atoms with Crippen LogP contribution in [0.4, 0.5) is 4.79 Å². The molecule has 3 aromatic heterocycles. The number of ether oxygens (including phenoxy) is 2. The van der Waals surface area contributed by atoms with Gasteiger partial charge in [0.05, 0.1) is 7.11 Å². The summed E-state index contributed by atoms with van der Waals surface area (Å²) in [4.78, 5) is 37.4. The molecular weight excluding hydrogens is 488 g/mol. The van der Waals surface area contributed by atoms with Gasteiger partial charge in [-0.25, -0.2) is 24.5 Å². The molecule has 3 heterocycles. The molecule has 196 valence electrons. The molecule has 3 rings (SSSR count). The standard InChI is InChI=1S/C24H32N4O7S/c1-12-16(19-25-14(10-32-19)21(29)31-9)28-20(34-12)17-13(2)33-18(27-17)15(11-36-24(6,7)8)26-22(30)35-23(3,4)5/h10,15H,11H2,1-9H3,(H,26,30)/t15-/m0/s1. The minimum Gasteiger partial charge on any atom is -0.464 e. The average Bonchev–Trinajstić information content (AvgIpc) is 3.46. The number of esters is 1. The number of hydrogen-bond donors (Lipinski definition) is 1. The molecule has 0 saturated carbocycles. The number of hydrogen-bond acceptors (Lipinski definition) is 11. The van der Waals surface area contributed by atoms with Crippen molar-refractivity contribution in [1.29, 1.82) is 0 Å². The fraction of sp³-hybridized carbons (Fsp3) is 0.542. The summed E-state index contributed by atoms with van der Waals surface area (Å²) in [6.45, 7) is 15.1. The number of alkyl carbamates (subject to hydrolysis) is 1. The van der Waals surface area contributed by atoms with E-state index in [0.717, 1.165) is 0 Å². The molecule has 0 radical (unpaired) electrons. The van der Waals surface area contributed by atoms with Crippen molar-refractivity contribution in [3.05, 3.63) is 29.4 Å². The Labute approximate surface area is 213 Å². The smallest absolute Gasteiger partial charge is 0.408 e. The summed E-state index contributed by atoms with van der Waals surface area (Å²) in [5.41, 5.74) is 0.0544. The molecule has 1 N–H and O–H groups in total. The van der Waals surface area contributed by atoms with Crippen molar-refractivity contribution in [2.24, 2.45) is 0 Å². The maximum Gasteiger partial charge on any atom is 0.408 e. The van der Waals surface area contributed by atoms with Gasteiger partial charge in [-0.1, -0.05) is 20.8 Å². The lowest BCUT2D eigenvalue weighted by molar-refractivity contribution is 0.0500. The molecule has 0 aliphatic rings. The lowest BCUT2D eigenvalue weighted by Gasteiger charge is -2.24. The van der Waals surface area contributed by atoms with E-state index in [4.69, 9.17) is 18.0 Å². The van der Waals surface area contributed by atoms with E-state index < -0.39 is 23.7 Å². The summed E-state index contributed by atoms with van der Waals surface area (Å²) in [5, 5.41) is 2.86. The largest absolute Gasteiger partial charge is 0.464 e. The number of oxazole rings is 3. The molecule has 0 saturated heterocycles. The van der Waals surface area contributed by atoms with Crippen LogP contribution in [0.1, 0.15) is 75.5 Å².